The summed E-state index contributed by atoms with van der Waals surface area (Å²) in [6, 6.07) is 18.4. The van der Waals surface area contributed by atoms with E-state index < -0.39 is 53.1 Å². The van der Waals surface area contributed by atoms with Crippen molar-refractivity contribution >= 4 is 23.4 Å². The highest BCUT2D eigenvalue weighted by molar-refractivity contribution is 8.00. The molecule has 5 rings (SSSR count). The maximum absolute atomic E-state index is 13.6. The first-order chi connectivity index (χ1) is 19.7. The highest BCUT2D eigenvalue weighted by Gasteiger charge is 2.48. The number of carbonyl (C=O) groups excluding carboxylic acids is 1. The molecular formula is C31H33F2NO6S. The standard InChI is InChI=1S/C31H33F2NO6S/c32-20-5-1-17(2-6-20)25(36)14-13-24-27(34(31(24)40)22-9-7-21(33)8-10-22)18-3-11-23(12-4-18)41-26-15-19(16-35)28(37)30(39)29(26)38/h1-12,19,24-30,35-39H,13-16H2/t19-,24-,25+,26-,27-,28-,29-,30-/m1/s1. The van der Waals surface area contributed by atoms with Crippen LogP contribution in [0.5, 0.6) is 0 Å². The van der Waals surface area contributed by atoms with Crippen LogP contribution in [-0.2, 0) is 4.79 Å². The number of amides is 1. The second kappa shape index (κ2) is 12.6. The number of β-lactam (4-membered cyclic amide) rings is 1. The Kier molecular flexibility index (Phi) is 9.08. The molecule has 0 aromatic heterocycles. The summed E-state index contributed by atoms with van der Waals surface area (Å²) >= 11 is 1.34. The Morgan fingerprint density at radius 1 is 0.854 bits per heavy atom. The molecule has 3 aromatic carbocycles. The Morgan fingerprint density at radius 2 is 1.46 bits per heavy atom. The van der Waals surface area contributed by atoms with Gasteiger partial charge < -0.3 is 30.4 Å². The van der Waals surface area contributed by atoms with Crippen molar-refractivity contribution in [1.82, 2.24) is 0 Å². The molecule has 0 spiro atoms. The quantitative estimate of drug-likeness (QED) is 0.243. The van der Waals surface area contributed by atoms with E-state index in [0.29, 0.717) is 30.5 Å². The number of carbonyl (C=O) groups is 1. The van der Waals surface area contributed by atoms with Gasteiger partial charge in [-0.25, -0.2) is 8.78 Å². The van der Waals surface area contributed by atoms with Gasteiger partial charge in [0.1, 0.15) is 17.7 Å². The van der Waals surface area contributed by atoms with Crippen molar-refractivity contribution in [2.75, 3.05) is 11.5 Å². The number of benzene rings is 3. The molecule has 2 aliphatic rings. The van der Waals surface area contributed by atoms with Crippen LogP contribution in [0.15, 0.2) is 77.7 Å². The minimum Gasteiger partial charge on any atom is -0.396 e. The maximum atomic E-state index is 13.6. The summed E-state index contributed by atoms with van der Waals surface area (Å²) in [5, 5.41) is 50.6. The van der Waals surface area contributed by atoms with Crippen molar-refractivity contribution in [3.63, 3.8) is 0 Å². The molecule has 2 fully saturated rings. The Balaban J connectivity index is 1.33. The molecule has 1 saturated heterocycles. The number of nitrogens with zero attached hydrogens (tertiary/aromatic N) is 1. The van der Waals surface area contributed by atoms with Crippen molar-refractivity contribution in [2.45, 2.75) is 59.9 Å². The van der Waals surface area contributed by atoms with Crippen molar-refractivity contribution in [3.05, 3.63) is 95.6 Å². The molecular weight excluding hydrogens is 552 g/mol. The SMILES string of the molecule is O=C1[C@H](CC[C@H](O)c2ccc(F)cc2)[C@@H](c2ccc(S[C@@H]3C[C@H](CO)[C@@H](O)[C@@H](O)[C@@H]3O)cc2)N1c1ccc(F)cc1. The number of hydrogen-bond acceptors (Lipinski definition) is 7. The molecule has 3 aromatic rings. The van der Waals surface area contributed by atoms with Gasteiger partial charge in [0.15, 0.2) is 0 Å². The van der Waals surface area contributed by atoms with Crippen LogP contribution in [0.4, 0.5) is 14.5 Å². The zero-order chi connectivity index (χ0) is 29.3. The van der Waals surface area contributed by atoms with Crippen LogP contribution < -0.4 is 4.90 Å². The monoisotopic (exact) mass is 585 g/mol. The number of rotatable bonds is 9. The third-order valence-electron chi connectivity index (χ3n) is 8.17. The van der Waals surface area contributed by atoms with Crippen LogP contribution in [0, 0.1) is 23.5 Å². The van der Waals surface area contributed by atoms with Crippen LogP contribution in [-0.4, -0.2) is 61.6 Å². The van der Waals surface area contributed by atoms with Crippen molar-refractivity contribution in [3.8, 4) is 0 Å². The number of anilines is 1. The number of aliphatic hydroxyl groups is 5. The summed E-state index contributed by atoms with van der Waals surface area (Å²) in [6.45, 7) is -0.298. The van der Waals surface area contributed by atoms with E-state index in [1.165, 1.54) is 48.2 Å². The van der Waals surface area contributed by atoms with Crippen LogP contribution in [0.1, 0.15) is 42.5 Å². The van der Waals surface area contributed by atoms with Crippen LogP contribution in [0.3, 0.4) is 0 Å². The van der Waals surface area contributed by atoms with Crippen LogP contribution >= 0.6 is 11.8 Å². The largest absolute Gasteiger partial charge is 0.396 e. The second-order valence-electron chi connectivity index (χ2n) is 10.8. The maximum Gasteiger partial charge on any atom is 0.233 e. The Hall–Kier alpha value is -2.86. The van der Waals surface area contributed by atoms with E-state index in [1.807, 2.05) is 24.3 Å². The fourth-order valence-corrected chi connectivity index (χ4v) is 7.07. The molecule has 1 aliphatic carbocycles. The number of aliphatic hydroxyl groups excluding tert-OH is 5. The fourth-order valence-electron chi connectivity index (χ4n) is 5.79. The van der Waals surface area contributed by atoms with Gasteiger partial charge in [0.05, 0.1) is 30.3 Å². The van der Waals surface area contributed by atoms with Crippen molar-refractivity contribution in [1.29, 1.82) is 0 Å². The molecule has 10 heteroatoms. The molecule has 1 amide bonds. The van der Waals surface area contributed by atoms with E-state index in [0.717, 1.165) is 10.5 Å². The van der Waals surface area contributed by atoms with Crippen molar-refractivity contribution < 1.29 is 39.1 Å². The molecule has 0 radical (unpaired) electrons. The van der Waals surface area contributed by atoms with Gasteiger partial charge in [-0.1, -0.05) is 24.3 Å². The molecule has 41 heavy (non-hydrogen) atoms. The van der Waals surface area contributed by atoms with Crippen LogP contribution in [0.2, 0.25) is 0 Å². The summed E-state index contributed by atoms with van der Waals surface area (Å²) in [4.78, 5) is 15.7. The summed E-state index contributed by atoms with van der Waals surface area (Å²) in [6.07, 6.45) is -3.56. The molecule has 5 N–H and O–H groups in total. The van der Waals surface area contributed by atoms with E-state index in [4.69, 9.17) is 0 Å². The van der Waals surface area contributed by atoms with E-state index in [2.05, 4.69) is 0 Å². The average Bonchev–Trinajstić information content (AvgIpc) is 2.98. The predicted molar refractivity (Wildman–Crippen MR) is 150 cm³/mol. The molecule has 218 valence electrons. The average molecular weight is 586 g/mol. The van der Waals surface area contributed by atoms with Gasteiger partial charge >= 0.3 is 0 Å². The highest BCUT2D eigenvalue weighted by Crippen LogP contribution is 2.47. The Morgan fingerprint density at radius 3 is 2.07 bits per heavy atom. The normalized spacial score (nSPS) is 28.8. The van der Waals surface area contributed by atoms with Gasteiger partial charge in [0.2, 0.25) is 5.91 Å². The lowest BCUT2D eigenvalue weighted by molar-refractivity contribution is -0.131. The number of hydrogen-bond donors (Lipinski definition) is 5. The van der Waals surface area contributed by atoms with Crippen LogP contribution in [0.25, 0.3) is 0 Å². The molecule has 0 unspecified atom stereocenters. The predicted octanol–water partition coefficient (Wildman–Crippen LogP) is 3.74. The first kappa shape index (κ1) is 29.6. The lowest BCUT2D eigenvalue weighted by Gasteiger charge is -2.48. The van der Waals surface area contributed by atoms with Crippen molar-refractivity contribution in [2.24, 2.45) is 11.8 Å². The van der Waals surface area contributed by atoms with Gasteiger partial charge in [0, 0.05) is 28.4 Å². The molecule has 1 heterocycles. The zero-order valence-corrected chi connectivity index (χ0v) is 22.9. The van der Waals surface area contributed by atoms with Gasteiger partial charge in [-0.05, 0) is 78.9 Å². The molecule has 7 nitrogen and oxygen atoms in total. The molecule has 8 atom stereocenters. The van der Waals surface area contributed by atoms with E-state index in [-0.39, 0.29) is 18.6 Å². The van der Waals surface area contributed by atoms with Gasteiger partial charge in [-0.2, -0.15) is 0 Å². The Bertz CT molecular complexity index is 1320. The van der Waals surface area contributed by atoms with E-state index in [9.17, 15) is 39.1 Å². The van der Waals surface area contributed by atoms with E-state index >= 15 is 0 Å². The smallest absolute Gasteiger partial charge is 0.233 e. The number of halogens is 2. The molecule has 0 bridgehead atoms. The van der Waals surface area contributed by atoms with Gasteiger partial charge in [-0.3, -0.25) is 4.79 Å². The van der Waals surface area contributed by atoms with Gasteiger partial charge in [0.25, 0.3) is 0 Å². The highest BCUT2D eigenvalue weighted by atomic mass is 32.2. The minimum absolute atomic E-state index is 0.140. The lowest BCUT2D eigenvalue weighted by Crippen LogP contribution is -2.55. The third kappa shape index (κ3) is 6.18. The lowest BCUT2D eigenvalue weighted by atomic mass is 9.78. The third-order valence-corrected chi connectivity index (χ3v) is 9.49. The Labute approximate surface area is 241 Å². The fraction of sp³-hybridized carbons (Fsp3) is 0.387. The second-order valence-corrected chi connectivity index (χ2v) is 12.1. The topological polar surface area (TPSA) is 121 Å². The first-order valence-corrected chi connectivity index (χ1v) is 14.5. The number of thioether (sulfide) groups is 1. The summed E-state index contributed by atoms with van der Waals surface area (Å²) < 4.78 is 26.9. The zero-order valence-electron chi connectivity index (χ0n) is 22.1. The summed E-state index contributed by atoms with van der Waals surface area (Å²) in [7, 11) is 0. The summed E-state index contributed by atoms with van der Waals surface area (Å²) in [5.41, 5.74) is 1.97. The van der Waals surface area contributed by atoms with E-state index in [1.54, 1.807) is 17.0 Å². The summed E-state index contributed by atoms with van der Waals surface area (Å²) in [5.74, 6) is -1.92. The molecule has 1 aliphatic heterocycles. The first-order valence-electron chi connectivity index (χ1n) is 13.6. The molecule has 1 saturated carbocycles. The van der Waals surface area contributed by atoms with Gasteiger partial charge in [-0.15, -0.1) is 11.8 Å². The minimum atomic E-state index is -1.35.